The summed E-state index contributed by atoms with van der Waals surface area (Å²) in [6.45, 7) is 4.05. The van der Waals surface area contributed by atoms with Gasteiger partial charge in [-0.3, -0.25) is 9.69 Å². The quantitative estimate of drug-likeness (QED) is 0.657. The number of Topliss-reactive ketones (excluding diaryl/α,β-unsaturated/α-hetero) is 1. The first kappa shape index (κ1) is 20.8. The summed E-state index contributed by atoms with van der Waals surface area (Å²) in [5.41, 5.74) is 9.83. The second-order valence-electron chi connectivity index (χ2n) is 7.44. The Bertz CT molecular complexity index is 1140. The van der Waals surface area contributed by atoms with Crippen LogP contribution in [0.3, 0.4) is 0 Å². The Balaban J connectivity index is 1.87. The van der Waals surface area contributed by atoms with Gasteiger partial charge in [-0.05, 0) is 42.7 Å². The van der Waals surface area contributed by atoms with E-state index in [4.69, 9.17) is 22.1 Å². The highest BCUT2D eigenvalue weighted by molar-refractivity contribution is 6.33. The molecule has 2 aromatic carbocycles. The molecule has 1 aliphatic carbocycles. The number of halogens is 1. The normalized spacial score (nSPS) is 18.5. The summed E-state index contributed by atoms with van der Waals surface area (Å²) in [5, 5.41) is 10.6. The topological polar surface area (TPSA) is 79.3 Å². The van der Waals surface area contributed by atoms with E-state index in [1.165, 1.54) is 0 Å². The van der Waals surface area contributed by atoms with Gasteiger partial charge in [0.25, 0.3) is 0 Å². The number of anilines is 1. The summed E-state index contributed by atoms with van der Waals surface area (Å²) in [5.74, 6) is 0.522. The number of nitriles is 1. The van der Waals surface area contributed by atoms with Gasteiger partial charge < -0.3 is 10.5 Å². The predicted molar refractivity (Wildman–Crippen MR) is 122 cm³/mol. The van der Waals surface area contributed by atoms with Crippen molar-refractivity contribution in [3.05, 3.63) is 94.4 Å². The van der Waals surface area contributed by atoms with Gasteiger partial charge in [0, 0.05) is 17.7 Å². The molecule has 1 aliphatic heterocycles. The van der Waals surface area contributed by atoms with Gasteiger partial charge in [-0.15, -0.1) is 0 Å². The third-order valence-electron chi connectivity index (χ3n) is 5.59. The molecule has 2 aromatic rings. The lowest BCUT2D eigenvalue weighted by atomic mass is 9.75. The number of hydrogen-bond acceptors (Lipinski definition) is 5. The van der Waals surface area contributed by atoms with Crippen LogP contribution in [0.25, 0.3) is 0 Å². The van der Waals surface area contributed by atoms with Crippen molar-refractivity contribution in [1.29, 1.82) is 5.26 Å². The van der Waals surface area contributed by atoms with E-state index in [2.05, 4.69) is 12.6 Å². The molecule has 5 nitrogen and oxygen atoms in total. The number of nitrogens with two attached hydrogens (primary N) is 1. The number of nitrogens with zero attached hydrogens (tertiary/aromatic N) is 2. The number of ketones is 1. The number of allylic oxidation sites excluding steroid dienone is 3. The molecule has 0 radical (unpaired) electrons. The van der Waals surface area contributed by atoms with Crippen LogP contribution in [0.5, 0.6) is 5.75 Å². The van der Waals surface area contributed by atoms with Crippen molar-refractivity contribution in [3.63, 3.8) is 0 Å². The number of benzene rings is 2. The zero-order chi connectivity index (χ0) is 22.0. The molecule has 2 N–H and O–H groups in total. The monoisotopic (exact) mass is 431 g/mol. The van der Waals surface area contributed by atoms with Gasteiger partial charge in [0.2, 0.25) is 0 Å². The smallest absolute Gasteiger partial charge is 0.161 e. The molecule has 4 rings (SSSR count). The SMILES string of the molecule is C=CCOc1ccc(C2C(C#N)=C(N)N(c3ccccc3Cl)C3=C2C(=O)CCC3)cc1. The van der Waals surface area contributed by atoms with Crippen molar-refractivity contribution in [3.8, 4) is 11.8 Å². The number of ether oxygens (including phenoxy) is 1. The fourth-order valence-corrected chi connectivity index (χ4v) is 4.46. The Hall–Kier alpha value is -3.49. The van der Waals surface area contributed by atoms with E-state index in [1.807, 2.05) is 42.5 Å². The van der Waals surface area contributed by atoms with Crippen LogP contribution in [0.1, 0.15) is 30.7 Å². The highest BCUT2D eigenvalue weighted by atomic mass is 35.5. The lowest BCUT2D eigenvalue weighted by Crippen LogP contribution is -2.38. The molecule has 0 amide bonds. The van der Waals surface area contributed by atoms with Crippen LogP contribution in [0.4, 0.5) is 5.69 Å². The third-order valence-corrected chi connectivity index (χ3v) is 5.91. The fourth-order valence-electron chi connectivity index (χ4n) is 4.24. The van der Waals surface area contributed by atoms with E-state index < -0.39 is 5.92 Å². The number of carbonyl (C=O) groups excluding carboxylic acids is 1. The molecule has 1 heterocycles. The zero-order valence-electron chi connectivity index (χ0n) is 17.0. The molecular formula is C25H22ClN3O2. The van der Waals surface area contributed by atoms with Gasteiger partial charge in [0.15, 0.2) is 5.78 Å². The van der Waals surface area contributed by atoms with Crippen LogP contribution in [0.15, 0.2) is 83.9 Å². The summed E-state index contributed by atoms with van der Waals surface area (Å²) in [6, 6.07) is 17.0. The molecule has 6 heteroatoms. The first-order valence-corrected chi connectivity index (χ1v) is 10.5. The van der Waals surface area contributed by atoms with Crippen LogP contribution in [-0.4, -0.2) is 12.4 Å². The Morgan fingerprint density at radius 3 is 2.65 bits per heavy atom. The highest BCUT2D eigenvalue weighted by Gasteiger charge is 2.40. The molecular weight excluding hydrogens is 410 g/mol. The molecule has 0 saturated heterocycles. The average Bonchev–Trinajstić information content (AvgIpc) is 2.78. The fraction of sp³-hybridized carbons (Fsp3) is 0.200. The van der Waals surface area contributed by atoms with Gasteiger partial charge in [0.05, 0.1) is 28.3 Å². The Kier molecular flexibility index (Phi) is 5.83. The standard InChI is InChI=1S/C25H22ClN3O2/c1-2-14-31-17-12-10-16(11-13-17)23-18(15-27)25(28)29(20-7-4-3-6-19(20)26)21-8-5-9-22(30)24(21)23/h2-4,6-7,10-13,23H,1,5,8-9,14,28H2. The van der Waals surface area contributed by atoms with Gasteiger partial charge >= 0.3 is 0 Å². The Labute approximate surface area is 186 Å². The lowest BCUT2D eigenvalue weighted by Gasteiger charge is -2.40. The van der Waals surface area contributed by atoms with Crippen LogP contribution >= 0.6 is 11.6 Å². The van der Waals surface area contributed by atoms with Crippen molar-refractivity contribution in [2.45, 2.75) is 25.2 Å². The van der Waals surface area contributed by atoms with E-state index in [9.17, 15) is 10.1 Å². The maximum absolute atomic E-state index is 13.1. The molecule has 0 spiro atoms. The second-order valence-corrected chi connectivity index (χ2v) is 7.84. The molecule has 1 unspecified atom stereocenters. The van der Waals surface area contributed by atoms with E-state index in [0.29, 0.717) is 52.9 Å². The van der Waals surface area contributed by atoms with Gasteiger partial charge in [-0.2, -0.15) is 5.26 Å². The van der Waals surface area contributed by atoms with E-state index in [1.54, 1.807) is 17.0 Å². The summed E-state index contributed by atoms with van der Waals surface area (Å²) >= 11 is 6.46. The molecule has 0 aromatic heterocycles. The predicted octanol–water partition coefficient (Wildman–Crippen LogP) is 5.21. The minimum atomic E-state index is -0.514. The minimum absolute atomic E-state index is 0.0375. The molecule has 31 heavy (non-hydrogen) atoms. The van der Waals surface area contributed by atoms with Gasteiger partial charge in [-0.25, -0.2) is 0 Å². The van der Waals surface area contributed by atoms with Gasteiger partial charge in [0.1, 0.15) is 18.2 Å². The average molecular weight is 432 g/mol. The van der Waals surface area contributed by atoms with E-state index in [0.717, 1.165) is 17.7 Å². The third kappa shape index (κ3) is 3.71. The van der Waals surface area contributed by atoms with Gasteiger partial charge in [-0.1, -0.05) is 48.5 Å². The maximum atomic E-state index is 13.1. The van der Waals surface area contributed by atoms with Crippen LogP contribution < -0.4 is 15.4 Å². The van der Waals surface area contributed by atoms with Crippen LogP contribution in [0.2, 0.25) is 5.02 Å². The van der Waals surface area contributed by atoms with Crippen LogP contribution in [-0.2, 0) is 4.79 Å². The first-order valence-electron chi connectivity index (χ1n) is 10.1. The van der Waals surface area contributed by atoms with Crippen molar-refractivity contribution in [2.24, 2.45) is 5.73 Å². The summed E-state index contributed by atoms with van der Waals surface area (Å²) < 4.78 is 5.57. The van der Waals surface area contributed by atoms with E-state index >= 15 is 0 Å². The molecule has 0 bridgehead atoms. The molecule has 0 fully saturated rings. The summed E-state index contributed by atoms with van der Waals surface area (Å²) in [6.07, 6.45) is 3.54. The highest BCUT2D eigenvalue weighted by Crippen LogP contribution is 2.47. The lowest BCUT2D eigenvalue weighted by molar-refractivity contribution is -0.116. The summed E-state index contributed by atoms with van der Waals surface area (Å²) in [7, 11) is 0. The number of carbonyl (C=O) groups is 1. The second kappa shape index (κ2) is 8.71. The van der Waals surface area contributed by atoms with Crippen molar-refractivity contribution < 1.29 is 9.53 Å². The summed E-state index contributed by atoms with van der Waals surface area (Å²) in [4.78, 5) is 14.9. The van der Waals surface area contributed by atoms with Crippen molar-refractivity contribution >= 4 is 23.1 Å². The number of hydrogen-bond donors (Lipinski definition) is 1. The largest absolute Gasteiger partial charge is 0.490 e. The Morgan fingerprint density at radius 1 is 1.23 bits per heavy atom. The van der Waals surface area contributed by atoms with Crippen LogP contribution in [0, 0.1) is 11.3 Å². The molecule has 156 valence electrons. The zero-order valence-corrected chi connectivity index (χ0v) is 17.7. The number of rotatable bonds is 5. The van der Waals surface area contributed by atoms with Crippen molar-refractivity contribution in [2.75, 3.05) is 11.5 Å². The van der Waals surface area contributed by atoms with E-state index in [-0.39, 0.29) is 5.78 Å². The molecule has 1 atom stereocenters. The Morgan fingerprint density at radius 2 is 1.97 bits per heavy atom. The minimum Gasteiger partial charge on any atom is -0.490 e. The first-order chi connectivity index (χ1) is 15.1. The molecule has 0 saturated carbocycles. The van der Waals surface area contributed by atoms with Crippen molar-refractivity contribution in [1.82, 2.24) is 0 Å². The maximum Gasteiger partial charge on any atom is 0.161 e. The molecule has 2 aliphatic rings. The number of para-hydroxylation sites is 1.